The molecule has 1 fully saturated rings. The molecule has 1 atom stereocenters. The molecule has 1 unspecified atom stereocenters. The highest BCUT2D eigenvalue weighted by Gasteiger charge is 2.32. The standard InChI is InChI=1S/C19H20FN3O2/c1-13-7-5-10-16-21-17(18(20)23(13)16)19(24)22-11-4-2-3-8-14(22)15-9-6-12-25-15/h5-7,9-10,12,14H,2-4,8,11H2,1H3. The summed E-state index contributed by atoms with van der Waals surface area (Å²) in [5.41, 5.74) is 1.04. The third-order valence-electron chi connectivity index (χ3n) is 4.87. The number of carbonyl (C=O) groups excluding carboxylic acids is 1. The van der Waals surface area contributed by atoms with E-state index in [0.717, 1.165) is 31.4 Å². The van der Waals surface area contributed by atoms with Gasteiger partial charge < -0.3 is 9.32 Å². The normalized spacial score (nSPS) is 18.5. The number of carbonyl (C=O) groups is 1. The average Bonchev–Trinajstić information content (AvgIpc) is 3.17. The molecule has 4 rings (SSSR count). The molecule has 0 radical (unpaired) electrons. The van der Waals surface area contributed by atoms with Crippen LogP contribution in [0.5, 0.6) is 0 Å². The molecule has 0 spiro atoms. The number of rotatable bonds is 2. The molecule has 0 N–H and O–H groups in total. The molecule has 1 saturated heterocycles. The maximum atomic E-state index is 14.9. The summed E-state index contributed by atoms with van der Waals surface area (Å²) in [4.78, 5) is 19.1. The Hall–Kier alpha value is -2.63. The molecule has 3 aromatic rings. The van der Waals surface area contributed by atoms with Gasteiger partial charge in [-0.25, -0.2) is 4.98 Å². The van der Waals surface area contributed by atoms with Crippen molar-refractivity contribution in [2.45, 2.75) is 38.6 Å². The Morgan fingerprint density at radius 1 is 1.24 bits per heavy atom. The van der Waals surface area contributed by atoms with Crippen LogP contribution < -0.4 is 0 Å². The number of likely N-dealkylation sites (tertiary alicyclic amines) is 1. The van der Waals surface area contributed by atoms with Crippen LogP contribution in [-0.2, 0) is 0 Å². The number of hydrogen-bond donors (Lipinski definition) is 0. The van der Waals surface area contributed by atoms with Gasteiger partial charge in [0.05, 0.1) is 12.3 Å². The van der Waals surface area contributed by atoms with Gasteiger partial charge in [-0.2, -0.15) is 4.39 Å². The zero-order valence-corrected chi connectivity index (χ0v) is 14.1. The Balaban J connectivity index is 1.75. The molecule has 5 nitrogen and oxygen atoms in total. The number of furan rings is 1. The van der Waals surface area contributed by atoms with Crippen molar-refractivity contribution < 1.29 is 13.6 Å². The third kappa shape index (κ3) is 2.71. The predicted octanol–water partition coefficient (Wildman–Crippen LogP) is 4.13. The van der Waals surface area contributed by atoms with Crippen molar-refractivity contribution in [2.24, 2.45) is 0 Å². The summed E-state index contributed by atoms with van der Waals surface area (Å²) in [6, 6.07) is 8.83. The third-order valence-corrected chi connectivity index (χ3v) is 4.87. The zero-order chi connectivity index (χ0) is 17.4. The Kier molecular flexibility index (Phi) is 4.03. The number of nitrogens with zero attached hydrogens (tertiary/aromatic N) is 3. The number of imidazole rings is 1. The van der Waals surface area contributed by atoms with E-state index in [9.17, 15) is 9.18 Å². The van der Waals surface area contributed by atoms with Crippen LogP contribution in [0.3, 0.4) is 0 Å². The lowest BCUT2D eigenvalue weighted by atomic mass is 10.1. The van der Waals surface area contributed by atoms with Gasteiger partial charge in [-0.15, -0.1) is 0 Å². The van der Waals surface area contributed by atoms with Crippen LogP contribution in [0.15, 0.2) is 41.0 Å². The molecule has 0 bridgehead atoms. The minimum Gasteiger partial charge on any atom is -0.467 e. The fourth-order valence-electron chi connectivity index (χ4n) is 3.61. The van der Waals surface area contributed by atoms with Crippen molar-refractivity contribution in [3.8, 4) is 0 Å². The number of amides is 1. The number of aromatic nitrogens is 2. The maximum Gasteiger partial charge on any atom is 0.277 e. The highest BCUT2D eigenvalue weighted by atomic mass is 19.1. The molecule has 130 valence electrons. The number of aryl methyl sites for hydroxylation is 1. The predicted molar refractivity (Wildman–Crippen MR) is 90.8 cm³/mol. The van der Waals surface area contributed by atoms with Gasteiger partial charge in [-0.1, -0.05) is 18.9 Å². The van der Waals surface area contributed by atoms with Gasteiger partial charge in [0.2, 0.25) is 5.95 Å². The minimum atomic E-state index is -0.597. The average molecular weight is 341 g/mol. The number of fused-ring (bicyclic) bond motifs is 1. The van der Waals surface area contributed by atoms with Gasteiger partial charge in [-0.05, 0) is 44.0 Å². The Labute approximate surface area is 145 Å². The first-order valence-corrected chi connectivity index (χ1v) is 8.65. The highest BCUT2D eigenvalue weighted by molar-refractivity contribution is 5.93. The molecule has 1 amide bonds. The van der Waals surface area contributed by atoms with E-state index in [-0.39, 0.29) is 17.6 Å². The molecule has 4 heterocycles. The van der Waals surface area contributed by atoms with E-state index in [1.165, 1.54) is 4.40 Å². The zero-order valence-electron chi connectivity index (χ0n) is 14.1. The van der Waals surface area contributed by atoms with Crippen LogP contribution in [0, 0.1) is 12.9 Å². The van der Waals surface area contributed by atoms with Gasteiger partial charge in [0.1, 0.15) is 11.4 Å². The summed E-state index contributed by atoms with van der Waals surface area (Å²) < 4.78 is 21.8. The SMILES string of the molecule is Cc1cccc2nc(C(=O)N3CCCCCC3c3ccco3)c(F)n12. The fraction of sp³-hybridized carbons (Fsp3) is 0.368. The summed E-state index contributed by atoms with van der Waals surface area (Å²) in [6.07, 6.45) is 5.39. The second-order valence-electron chi connectivity index (χ2n) is 6.49. The lowest BCUT2D eigenvalue weighted by molar-refractivity contribution is 0.0647. The lowest BCUT2D eigenvalue weighted by Gasteiger charge is -2.28. The second-order valence-corrected chi connectivity index (χ2v) is 6.49. The maximum absolute atomic E-state index is 14.9. The molecule has 1 aliphatic heterocycles. The van der Waals surface area contributed by atoms with E-state index in [1.54, 1.807) is 30.2 Å². The van der Waals surface area contributed by atoms with Crippen molar-refractivity contribution in [3.63, 3.8) is 0 Å². The first-order valence-electron chi connectivity index (χ1n) is 8.65. The van der Waals surface area contributed by atoms with Crippen LogP contribution in [0.25, 0.3) is 5.65 Å². The summed E-state index contributed by atoms with van der Waals surface area (Å²) in [5.74, 6) is -0.222. The van der Waals surface area contributed by atoms with Crippen molar-refractivity contribution >= 4 is 11.6 Å². The van der Waals surface area contributed by atoms with Crippen LogP contribution in [0.2, 0.25) is 0 Å². The Morgan fingerprint density at radius 3 is 2.88 bits per heavy atom. The topological polar surface area (TPSA) is 50.8 Å². The van der Waals surface area contributed by atoms with E-state index < -0.39 is 5.95 Å². The molecule has 1 aliphatic rings. The second kappa shape index (κ2) is 6.35. The molecular weight excluding hydrogens is 321 g/mol. The molecule has 0 aromatic carbocycles. The van der Waals surface area contributed by atoms with Crippen molar-refractivity contribution in [2.75, 3.05) is 6.54 Å². The van der Waals surface area contributed by atoms with Gasteiger partial charge in [0.15, 0.2) is 5.69 Å². The minimum absolute atomic E-state index is 0.118. The summed E-state index contributed by atoms with van der Waals surface area (Å²) in [7, 11) is 0. The first-order chi connectivity index (χ1) is 12.2. The Morgan fingerprint density at radius 2 is 2.12 bits per heavy atom. The van der Waals surface area contributed by atoms with E-state index in [2.05, 4.69) is 4.98 Å². The summed E-state index contributed by atoms with van der Waals surface area (Å²) >= 11 is 0. The van der Waals surface area contributed by atoms with E-state index >= 15 is 0 Å². The largest absolute Gasteiger partial charge is 0.467 e. The summed E-state index contributed by atoms with van der Waals surface area (Å²) in [6.45, 7) is 2.38. The van der Waals surface area contributed by atoms with Crippen molar-refractivity contribution in [1.29, 1.82) is 0 Å². The quantitative estimate of drug-likeness (QED) is 0.704. The number of hydrogen-bond acceptors (Lipinski definition) is 3. The Bertz CT molecular complexity index is 901. The van der Waals surface area contributed by atoms with E-state index in [4.69, 9.17) is 4.42 Å². The first kappa shape index (κ1) is 15.9. The van der Waals surface area contributed by atoms with Gasteiger partial charge in [0.25, 0.3) is 5.91 Å². The van der Waals surface area contributed by atoms with Crippen molar-refractivity contribution in [3.05, 3.63) is 59.7 Å². The number of pyridine rings is 1. The fourth-order valence-corrected chi connectivity index (χ4v) is 3.61. The molecule has 25 heavy (non-hydrogen) atoms. The van der Waals surface area contributed by atoms with Crippen molar-refractivity contribution in [1.82, 2.24) is 14.3 Å². The van der Waals surface area contributed by atoms with Crippen LogP contribution in [0.4, 0.5) is 4.39 Å². The van der Waals surface area contributed by atoms with Crippen LogP contribution in [-0.4, -0.2) is 26.7 Å². The van der Waals surface area contributed by atoms with Crippen LogP contribution >= 0.6 is 0 Å². The van der Waals surface area contributed by atoms with Gasteiger partial charge in [0, 0.05) is 12.2 Å². The number of halogens is 1. The van der Waals surface area contributed by atoms with E-state index in [1.807, 2.05) is 18.2 Å². The smallest absolute Gasteiger partial charge is 0.277 e. The molecular formula is C19H20FN3O2. The molecule has 6 heteroatoms. The van der Waals surface area contributed by atoms with Gasteiger partial charge in [-0.3, -0.25) is 9.20 Å². The van der Waals surface area contributed by atoms with E-state index in [0.29, 0.717) is 17.9 Å². The monoisotopic (exact) mass is 341 g/mol. The molecule has 3 aromatic heterocycles. The highest BCUT2D eigenvalue weighted by Crippen LogP contribution is 2.32. The van der Waals surface area contributed by atoms with Crippen LogP contribution in [0.1, 0.15) is 53.7 Å². The molecule has 0 saturated carbocycles. The van der Waals surface area contributed by atoms with Gasteiger partial charge >= 0.3 is 0 Å². The molecule has 0 aliphatic carbocycles. The summed E-state index contributed by atoms with van der Waals surface area (Å²) in [5, 5.41) is 0. The lowest BCUT2D eigenvalue weighted by Crippen LogP contribution is -2.35.